The van der Waals surface area contributed by atoms with E-state index in [1.165, 1.54) is 5.56 Å². The summed E-state index contributed by atoms with van der Waals surface area (Å²) in [6.07, 6.45) is 5.97. The molecular formula is C36H37N4O2S+. The van der Waals surface area contributed by atoms with Gasteiger partial charge in [-0.25, -0.2) is 9.13 Å². The van der Waals surface area contributed by atoms with Gasteiger partial charge in [-0.1, -0.05) is 60.7 Å². The number of para-hydroxylation sites is 4. The fraction of sp³-hybridized carbons (Fsp3) is 0.222. The van der Waals surface area contributed by atoms with Crippen molar-refractivity contribution in [1.82, 2.24) is 4.57 Å². The second-order valence-corrected chi connectivity index (χ2v) is 11.5. The maximum Gasteiger partial charge on any atom is 0.283 e. The molecule has 0 fully saturated rings. The van der Waals surface area contributed by atoms with Crippen LogP contribution in [0.2, 0.25) is 0 Å². The number of benzene rings is 3. The van der Waals surface area contributed by atoms with Crippen molar-refractivity contribution in [1.29, 1.82) is 0 Å². The number of allylic oxidation sites excluding steroid dienone is 3. The van der Waals surface area contributed by atoms with Crippen molar-refractivity contribution in [3.8, 4) is 0 Å². The molecular weight excluding hydrogens is 552 g/mol. The number of Topliss-reactive ketones (excluding diaryl/α,β-unsaturated/α-hetero) is 1. The Labute approximate surface area is 257 Å². The van der Waals surface area contributed by atoms with Crippen LogP contribution < -0.4 is 14.4 Å². The summed E-state index contributed by atoms with van der Waals surface area (Å²) >= 11 is 1.65. The molecule has 0 saturated heterocycles. The fourth-order valence-corrected chi connectivity index (χ4v) is 7.02. The maximum absolute atomic E-state index is 14.0. The lowest BCUT2D eigenvalue weighted by Crippen LogP contribution is -2.37. The van der Waals surface area contributed by atoms with E-state index in [0.717, 1.165) is 57.6 Å². The van der Waals surface area contributed by atoms with E-state index in [2.05, 4.69) is 106 Å². The Morgan fingerprint density at radius 2 is 1.58 bits per heavy atom. The molecule has 6 nitrogen and oxygen atoms in total. The number of aliphatic hydroxyl groups is 1. The quantitative estimate of drug-likeness (QED) is 0.126. The summed E-state index contributed by atoms with van der Waals surface area (Å²) in [5, 5.41) is 9.91. The zero-order valence-corrected chi connectivity index (χ0v) is 25.6. The van der Waals surface area contributed by atoms with Crippen LogP contribution in [-0.2, 0) is 17.9 Å². The zero-order chi connectivity index (χ0) is 29.9. The van der Waals surface area contributed by atoms with Gasteiger partial charge in [0.15, 0.2) is 16.8 Å². The summed E-state index contributed by atoms with van der Waals surface area (Å²) in [6.45, 7) is 10.9. The van der Waals surface area contributed by atoms with Gasteiger partial charge in [0, 0.05) is 41.0 Å². The molecule has 0 unspecified atom stereocenters. The minimum atomic E-state index is 0.0163. The van der Waals surface area contributed by atoms with E-state index in [-0.39, 0.29) is 12.4 Å². The van der Waals surface area contributed by atoms with E-state index >= 15 is 0 Å². The van der Waals surface area contributed by atoms with Crippen LogP contribution in [0.4, 0.5) is 11.4 Å². The Kier molecular flexibility index (Phi) is 8.36. The lowest BCUT2D eigenvalue weighted by Gasteiger charge is -2.28. The highest BCUT2D eigenvalue weighted by Gasteiger charge is 2.38. The maximum atomic E-state index is 14.0. The van der Waals surface area contributed by atoms with Crippen LogP contribution in [0.15, 0.2) is 119 Å². The predicted molar refractivity (Wildman–Crippen MR) is 178 cm³/mol. The molecule has 1 aliphatic carbocycles. The molecule has 0 radical (unpaired) electrons. The highest BCUT2D eigenvalue weighted by Crippen LogP contribution is 2.45. The van der Waals surface area contributed by atoms with Gasteiger partial charge in [-0.2, -0.15) is 0 Å². The highest BCUT2D eigenvalue weighted by molar-refractivity contribution is 8.03. The molecule has 218 valence electrons. The number of carbonyl (C=O) groups is 1. The normalized spacial score (nSPS) is 16.5. The number of ketones is 1. The molecule has 0 amide bonds. The minimum Gasteiger partial charge on any atom is -0.395 e. The summed E-state index contributed by atoms with van der Waals surface area (Å²) in [4.78, 5) is 19.3. The van der Waals surface area contributed by atoms with Crippen LogP contribution in [0.3, 0.4) is 0 Å². The first-order valence-corrected chi connectivity index (χ1v) is 15.9. The molecule has 1 aromatic heterocycles. The molecule has 7 heteroatoms. The molecule has 0 spiro atoms. The standard InChI is InChI=1S/C36H37N4O2S/c1-4-22-43-36-27(23-33-37(5-2)29-16-10-12-18-31(29)39(33)20-21-41)35(42)28(36)24-34-38(6-3)30-17-11-13-19-32(30)40(34)25-26-14-8-7-9-15-26/h4,7-19,23-24,41H,1,5-6,20-22,25H2,2-3H3/q+1. The van der Waals surface area contributed by atoms with Crippen molar-refractivity contribution in [3.05, 3.63) is 131 Å². The third-order valence-electron chi connectivity index (χ3n) is 8.04. The molecule has 1 aliphatic heterocycles. The van der Waals surface area contributed by atoms with Crippen LogP contribution in [0.1, 0.15) is 25.2 Å². The number of hydrogen-bond acceptors (Lipinski definition) is 5. The third-order valence-corrected chi connectivity index (χ3v) is 9.17. The molecule has 3 aromatic carbocycles. The second kappa shape index (κ2) is 12.5. The van der Waals surface area contributed by atoms with Crippen molar-refractivity contribution in [2.75, 3.05) is 35.2 Å². The molecule has 2 heterocycles. The number of hydrogen-bond donors (Lipinski definition) is 1. The average molecular weight is 590 g/mol. The van der Waals surface area contributed by atoms with Crippen LogP contribution >= 0.6 is 11.8 Å². The number of imidazole rings is 1. The van der Waals surface area contributed by atoms with Crippen molar-refractivity contribution in [2.45, 2.75) is 26.9 Å². The van der Waals surface area contributed by atoms with Crippen molar-refractivity contribution < 1.29 is 14.5 Å². The first-order valence-electron chi connectivity index (χ1n) is 14.9. The largest absolute Gasteiger partial charge is 0.395 e. The summed E-state index contributed by atoms with van der Waals surface area (Å²) in [5.41, 5.74) is 7.05. The Bertz CT molecular complexity index is 1780. The Morgan fingerprint density at radius 3 is 2.28 bits per heavy atom. The molecule has 0 bridgehead atoms. The molecule has 4 aromatic rings. The summed E-state index contributed by atoms with van der Waals surface area (Å²) in [5.74, 6) is 2.66. The first kappa shape index (κ1) is 28.8. The zero-order valence-electron chi connectivity index (χ0n) is 24.7. The number of thioether (sulfide) groups is 1. The summed E-state index contributed by atoms with van der Waals surface area (Å²) in [7, 11) is 0. The van der Waals surface area contributed by atoms with Gasteiger partial charge < -0.3 is 14.9 Å². The van der Waals surface area contributed by atoms with Gasteiger partial charge in [-0.15, -0.1) is 18.3 Å². The molecule has 0 atom stereocenters. The number of aryl methyl sites for hydroxylation is 1. The molecule has 43 heavy (non-hydrogen) atoms. The predicted octanol–water partition coefficient (Wildman–Crippen LogP) is 6.32. The molecule has 0 saturated carbocycles. The van der Waals surface area contributed by atoms with Crippen LogP contribution in [0.5, 0.6) is 0 Å². The van der Waals surface area contributed by atoms with Gasteiger partial charge in [-0.3, -0.25) is 4.79 Å². The SMILES string of the molecule is C=CCSC1=C(/C=C2/N(CC)c3ccccc3N2CCO)C(=O)/C1=C/c1n(CC)c2ccccc2[n+]1Cc1ccccc1. The van der Waals surface area contributed by atoms with Crippen molar-refractivity contribution in [3.63, 3.8) is 0 Å². The molecule has 2 aliphatic rings. The van der Waals surface area contributed by atoms with Gasteiger partial charge in [-0.05, 0) is 49.8 Å². The van der Waals surface area contributed by atoms with Gasteiger partial charge in [0.2, 0.25) is 0 Å². The monoisotopic (exact) mass is 589 g/mol. The average Bonchev–Trinajstić information content (AvgIpc) is 3.51. The molecule has 1 N–H and O–H groups in total. The van der Waals surface area contributed by atoms with Crippen molar-refractivity contribution >= 4 is 46.0 Å². The number of aromatic nitrogens is 2. The van der Waals surface area contributed by atoms with E-state index in [4.69, 9.17) is 0 Å². The Balaban J connectivity index is 1.49. The molecule has 6 rings (SSSR count). The van der Waals surface area contributed by atoms with E-state index in [1.54, 1.807) is 11.8 Å². The lowest BCUT2D eigenvalue weighted by molar-refractivity contribution is -0.665. The number of fused-ring (bicyclic) bond motifs is 2. The topological polar surface area (TPSA) is 52.6 Å². The van der Waals surface area contributed by atoms with E-state index in [9.17, 15) is 9.90 Å². The highest BCUT2D eigenvalue weighted by atomic mass is 32.2. The van der Waals surface area contributed by atoms with Crippen LogP contribution in [0.25, 0.3) is 17.1 Å². The van der Waals surface area contributed by atoms with Gasteiger partial charge in [0.1, 0.15) is 12.4 Å². The number of anilines is 2. The first-order chi connectivity index (χ1) is 21.1. The van der Waals surface area contributed by atoms with Crippen LogP contribution in [0, 0.1) is 0 Å². The van der Waals surface area contributed by atoms with Gasteiger partial charge in [0.05, 0.1) is 24.5 Å². The van der Waals surface area contributed by atoms with E-state index < -0.39 is 0 Å². The van der Waals surface area contributed by atoms with Crippen molar-refractivity contribution in [2.24, 2.45) is 0 Å². The summed E-state index contributed by atoms with van der Waals surface area (Å²) in [6, 6.07) is 27.1. The van der Waals surface area contributed by atoms with Gasteiger partial charge in [0.25, 0.3) is 5.82 Å². The second-order valence-electron chi connectivity index (χ2n) is 10.5. The Morgan fingerprint density at radius 1 is 0.884 bits per heavy atom. The smallest absolute Gasteiger partial charge is 0.283 e. The number of β-amino-alcohol motifs (C(OH)–C–C–N with tert-alkyl or cyclic N) is 1. The van der Waals surface area contributed by atoms with Crippen LogP contribution in [-0.4, -0.2) is 40.9 Å². The Hall–Kier alpha value is -4.33. The van der Waals surface area contributed by atoms with E-state index in [1.807, 2.05) is 30.4 Å². The number of nitrogens with zero attached hydrogens (tertiary/aromatic N) is 4. The number of rotatable bonds is 11. The summed E-state index contributed by atoms with van der Waals surface area (Å²) < 4.78 is 4.61. The fourth-order valence-electron chi connectivity index (χ4n) is 6.12. The van der Waals surface area contributed by atoms with Gasteiger partial charge >= 0.3 is 0 Å². The number of aliphatic hydroxyl groups excluding tert-OH is 1. The lowest BCUT2D eigenvalue weighted by atomic mass is 9.89. The number of carbonyl (C=O) groups excluding carboxylic acids is 1. The minimum absolute atomic E-state index is 0.0163. The van der Waals surface area contributed by atoms with E-state index in [0.29, 0.717) is 24.4 Å². The third kappa shape index (κ3) is 5.13.